The summed E-state index contributed by atoms with van der Waals surface area (Å²) in [5, 5.41) is 0. The van der Waals surface area contributed by atoms with Crippen molar-refractivity contribution in [2.24, 2.45) is 0 Å². The standard InChI is InChI=1S/C35H72S/c1-3-5-7-9-11-13-14-15-16-17-18-19-20-21-22-23-24-25-27-29-31-33-35-36-34-32-30-28-26-12-10-8-6-4-2/h3-35H2,1-2H3. The van der Waals surface area contributed by atoms with Crippen LogP contribution in [0.1, 0.15) is 213 Å². The molecule has 0 aromatic heterocycles. The summed E-state index contributed by atoms with van der Waals surface area (Å²) in [6, 6.07) is 0. The highest BCUT2D eigenvalue weighted by Crippen LogP contribution is 2.16. The molecule has 0 aliphatic carbocycles. The predicted octanol–water partition coefficient (Wildman–Crippen LogP) is 13.9. The van der Waals surface area contributed by atoms with E-state index in [1.807, 2.05) is 0 Å². The monoisotopic (exact) mass is 525 g/mol. The van der Waals surface area contributed by atoms with Gasteiger partial charge in [0.15, 0.2) is 0 Å². The Bertz CT molecular complexity index is 319. The van der Waals surface area contributed by atoms with E-state index < -0.39 is 0 Å². The van der Waals surface area contributed by atoms with Crippen molar-refractivity contribution in [3.63, 3.8) is 0 Å². The van der Waals surface area contributed by atoms with E-state index in [0.29, 0.717) is 0 Å². The molecule has 0 heterocycles. The van der Waals surface area contributed by atoms with E-state index in [2.05, 4.69) is 25.6 Å². The van der Waals surface area contributed by atoms with E-state index in [0.717, 1.165) is 0 Å². The molecular weight excluding hydrogens is 452 g/mol. The second kappa shape index (κ2) is 35.4. The van der Waals surface area contributed by atoms with Gasteiger partial charge in [0, 0.05) is 0 Å². The molecule has 0 nitrogen and oxygen atoms in total. The molecule has 0 spiro atoms. The Labute approximate surface area is 235 Å². The van der Waals surface area contributed by atoms with Crippen LogP contribution in [0.2, 0.25) is 0 Å². The molecule has 0 unspecified atom stereocenters. The topological polar surface area (TPSA) is 0 Å². The van der Waals surface area contributed by atoms with Crippen LogP contribution in [0.4, 0.5) is 0 Å². The van der Waals surface area contributed by atoms with Crippen LogP contribution in [0.15, 0.2) is 0 Å². The van der Waals surface area contributed by atoms with E-state index in [1.165, 1.54) is 211 Å². The highest BCUT2D eigenvalue weighted by Gasteiger charge is 1.97. The smallest absolute Gasteiger partial charge is 0.00675 e. The van der Waals surface area contributed by atoms with Crippen molar-refractivity contribution in [2.75, 3.05) is 11.5 Å². The van der Waals surface area contributed by atoms with Crippen molar-refractivity contribution < 1.29 is 0 Å². The van der Waals surface area contributed by atoms with Crippen LogP contribution >= 0.6 is 11.8 Å². The van der Waals surface area contributed by atoms with Crippen molar-refractivity contribution in [3.8, 4) is 0 Å². The lowest BCUT2D eigenvalue weighted by Gasteiger charge is -2.05. The van der Waals surface area contributed by atoms with E-state index in [9.17, 15) is 0 Å². The van der Waals surface area contributed by atoms with Gasteiger partial charge in [0.1, 0.15) is 0 Å². The van der Waals surface area contributed by atoms with Gasteiger partial charge in [0.25, 0.3) is 0 Å². The average molecular weight is 525 g/mol. The molecule has 1 heteroatoms. The second-order valence-corrected chi connectivity index (χ2v) is 13.1. The summed E-state index contributed by atoms with van der Waals surface area (Å²) in [6.45, 7) is 4.61. The Hall–Kier alpha value is 0.350. The summed E-state index contributed by atoms with van der Waals surface area (Å²) in [6.07, 6.45) is 45.7. The maximum atomic E-state index is 2.31. The van der Waals surface area contributed by atoms with Crippen LogP contribution in [0.5, 0.6) is 0 Å². The second-order valence-electron chi connectivity index (χ2n) is 11.9. The third-order valence-electron chi connectivity index (χ3n) is 8.03. The molecule has 0 aliphatic heterocycles. The van der Waals surface area contributed by atoms with Crippen LogP contribution in [-0.4, -0.2) is 11.5 Å². The Morgan fingerprint density at radius 3 is 0.583 bits per heavy atom. The van der Waals surface area contributed by atoms with E-state index in [1.54, 1.807) is 0 Å². The summed E-state index contributed by atoms with van der Waals surface area (Å²) >= 11 is 2.22. The lowest BCUT2D eigenvalue weighted by atomic mass is 10.0. The molecule has 0 saturated carbocycles. The molecule has 0 bridgehead atoms. The van der Waals surface area contributed by atoms with Crippen molar-refractivity contribution in [3.05, 3.63) is 0 Å². The Morgan fingerprint density at radius 2 is 0.389 bits per heavy atom. The molecule has 0 radical (unpaired) electrons. The molecule has 0 saturated heterocycles. The fraction of sp³-hybridized carbons (Fsp3) is 1.00. The number of unbranched alkanes of at least 4 members (excludes halogenated alkanes) is 29. The maximum absolute atomic E-state index is 2.31. The summed E-state index contributed by atoms with van der Waals surface area (Å²) in [4.78, 5) is 0. The first-order valence-corrected chi connectivity index (χ1v) is 18.6. The van der Waals surface area contributed by atoms with Gasteiger partial charge in [-0.1, -0.05) is 200 Å². The number of hydrogen-bond donors (Lipinski definition) is 0. The van der Waals surface area contributed by atoms with Crippen molar-refractivity contribution >= 4 is 11.8 Å². The van der Waals surface area contributed by atoms with Crippen molar-refractivity contribution in [1.82, 2.24) is 0 Å². The lowest BCUT2D eigenvalue weighted by molar-refractivity contribution is 0.520. The minimum absolute atomic E-state index is 1.37. The summed E-state index contributed by atoms with van der Waals surface area (Å²) in [5.41, 5.74) is 0. The molecule has 0 atom stereocenters. The lowest BCUT2D eigenvalue weighted by Crippen LogP contribution is -1.87. The van der Waals surface area contributed by atoms with Gasteiger partial charge in [0.05, 0.1) is 0 Å². The molecule has 0 aromatic rings. The minimum Gasteiger partial charge on any atom is -0.162 e. The molecule has 0 rings (SSSR count). The van der Waals surface area contributed by atoms with Crippen molar-refractivity contribution in [1.29, 1.82) is 0 Å². The normalized spacial score (nSPS) is 11.5. The van der Waals surface area contributed by atoms with Gasteiger partial charge in [-0.05, 0) is 24.3 Å². The van der Waals surface area contributed by atoms with Crippen LogP contribution < -0.4 is 0 Å². The first-order chi connectivity index (χ1) is 17.9. The molecule has 0 N–H and O–H groups in total. The Morgan fingerprint density at radius 1 is 0.222 bits per heavy atom. The molecule has 36 heavy (non-hydrogen) atoms. The first kappa shape index (κ1) is 36.4. The van der Waals surface area contributed by atoms with Gasteiger partial charge in [-0.2, -0.15) is 11.8 Å². The van der Waals surface area contributed by atoms with Gasteiger partial charge < -0.3 is 0 Å². The SMILES string of the molecule is CCCCCCCCCCCCCCCCCCCCCCCCSCCCCCCCCCCC. The Kier molecular flexibility index (Phi) is 35.7. The molecular formula is C35H72S. The zero-order valence-electron chi connectivity index (χ0n) is 25.7. The number of rotatable bonds is 33. The van der Waals surface area contributed by atoms with E-state index in [4.69, 9.17) is 0 Å². The minimum atomic E-state index is 1.37. The van der Waals surface area contributed by atoms with Crippen LogP contribution in [0, 0.1) is 0 Å². The Balaban J connectivity index is 3.00. The largest absolute Gasteiger partial charge is 0.162 e. The molecule has 0 fully saturated rings. The van der Waals surface area contributed by atoms with Crippen LogP contribution in [0.3, 0.4) is 0 Å². The van der Waals surface area contributed by atoms with E-state index >= 15 is 0 Å². The third kappa shape index (κ3) is 34.4. The number of hydrogen-bond acceptors (Lipinski definition) is 1. The highest BCUT2D eigenvalue weighted by molar-refractivity contribution is 7.99. The first-order valence-electron chi connectivity index (χ1n) is 17.5. The quantitative estimate of drug-likeness (QED) is 0.0769. The zero-order valence-corrected chi connectivity index (χ0v) is 26.6. The summed E-state index contributed by atoms with van der Waals surface area (Å²) in [5.74, 6) is 2.82. The summed E-state index contributed by atoms with van der Waals surface area (Å²) < 4.78 is 0. The van der Waals surface area contributed by atoms with Gasteiger partial charge >= 0.3 is 0 Å². The molecule has 218 valence electrons. The zero-order chi connectivity index (χ0) is 26.0. The van der Waals surface area contributed by atoms with Gasteiger partial charge in [-0.15, -0.1) is 0 Å². The molecule has 0 aromatic carbocycles. The summed E-state index contributed by atoms with van der Waals surface area (Å²) in [7, 11) is 0. The van der Waals surface area contributed by atoms with E-state index in [-0.39, 0.29) is 0 Å². The van der Waals surface area contributed by atoms with Gasteiger partial charge in [-0.3, -0.25) is 0 Å². The van der Waals surface area contributed by atoms with Gasteiger partial charge in [0.2, 0.25) is 0 Å². The van der Waals surface area contributed by atoms with Crippen LogP contribution in [0.25, 0.3) is 0 Å². The van der Waals surface area contributed by atoms with Crippen molar-refractivity contribution in [2.45, 2.75) is 213 Å². The average Bonchev–Trinajstić information content (AvgIpc) is 2.89. The van der Waals surface area contributed by atoms with Gasteiger partial charge in [-0.25, -0.2) is 0 Å². The molecule has 0 aliphatic rings. The maximum Gasteiger partial charge on any atom is -0.00675 e. The predicted molar refractivity (Wildman–Crippen MR) is 172 cm³/mol. The fourth-order valence-electron chi connectivity index (χ4n) is 5.43. The highest BCUT2D eigenvalue weighted by atomic mass is 32.2. The third-order valence-corrected chi connectivity index (χ3v) is 9.19. The molecule has 0 amide bonds. The number of thioether (sulfide) groups is 1. The fourth-order valence-corrected chi connectivity index (χ4v) is 6.45. The van der Waals surface area contributed by atoms with Crippen LogP contribution in [-0.2, 0) is 0 Å².